The zero-order valence-electron chi connectivity index (χ0n) is 11.6. The van der Waals surface area contributed by atoms with Crippen molar-refractivity contribution in [2.45, 2.75) is 27.7 Å². The van der Waals surface area contributed by atoms with Gasteiger partial charge in [-0.3, -0.25) is 0 Å². The number of aryl methyl sites for hydroxylation is 4. The van der Waals surface area contributed by atoms with Gasteiger partial charge < -0.3 is 5.32 Å². The van der Waals surface area contributed by atoms with E-state index in [-0.39, 0.29) is 0 Å². The molecule has 0 aliphatic carbocycles. The number of hydrogen-bond donors (Lipinski definition) is 1. The van der Waals surface area contributed by atoms with Crippen molar-refractivity contribution in [3.63, 3.8) is 0 Å². The minimum atomic E-state index is 0.372. The van der Waals surface area contributed by atoms with Crippen molar-refractivity contribution in [3.8, 4) is 6.07 Å². The Morgan fingerprint density at radius 2 is 1.63 bits per heavy atom. The number of aromatic nitrogens is 2. The van der Waals surface area contributed by atoms with Crippen LogP contribution >= 0.6 is 0 Å². The maximum absolute atomic E-state index is 8.92. The van der Waals surface area contributed by atoms with E-state index in [1.807, 2.05) is 13.0 Å². The molecule has 96 valence electrons. The molecular weight excluding hydrogens is 236 g/mol. The van der Waals surface area contributed by atoms with Crippen LogP contribution in [0.5, 0.6) is 0 Å². The molecule has 0 radical (unpaired) electrons. The maximum atomic E-state index is 8.92. The van der Waals surface area contributed by atoms with Crippen LogP contribution in [0.1, 0.15) is 28.2 Å². The molecule has 19 heavy (non-hydrogen) atoms. The molecule has 0 aliphatic heterocycles. The Balaban J connectivity index is 2.39. The van der Waals surface area contributed by atoms with E-state index in [0.717, 1.165) is 11.3 Å². The van der Waals surface area contributed by atoms with Crippen LogP contribution in [0.4, 0.5) is 11.5 Å². The van der Waals surface area contributed by atoms with Crippen molar-refractivity contribution in [1.29, 1.82) is 5.26 Å². The Morgan fingerprint density at radius 3 is 2.32 bits per heavy atom. The summed E-state index contributed by atoms with van der Waals surface area (Å²) >= 11 is 0. The van der Waals surface area contributed by atoms with Crippen molar-refractivity contribution in [3.05, 3.63) is 46.4 Å². The highest BCUT2D eigenvalue weighted by Crippen LogP contribution is 2.23. The van der Waals surface area contributed by atoms with Gasteiger partial charge in [-0.1, -0.05) is 6.07 Å². The topological polar surface area (TPSA) is 61.6 Å². The summed E-state index contributed by atoms with van der Waals surface area (Å²) in [5.41, 5.74) is 5.01. The third-order valence-corrected chi connectivity index (χ3v) is 3.06. The molecule has 1 aromatic carbocycles. The van der Waals surface area contributed by atoms with E-state index < -0.39 is 0 Å². The molecule has 1 aromatic heterocycles. The van der Waals surface area contributed by atoms with E-state index in [1.165, 1.54) is 11.1 Å². The quantitative estimate of drug-likeness (QED) is 0.890. The fourth-order valence-electron chi connectivity index (χ4n) is 1.92. The first-order valence-corrected chi connectivity index (χ1v) is 6.10. The van der Waals surface area contributed by atoms with Crippen molar-refractivity contribution in [2.75, 3.05) is 5.32 Å². The molecule has 4 heteroatoms. The lowest BCUT2D eigenvalue weighted by Crippen LogP contribution is -2.01. The van der Waals surface area contributed by atoms with Crippen LogP contribution in [0.3, 0.4) is 0 Å². The fourth-order valence-corrected chi connectivity index (χ4v) is 1.92. The Morgan fingerprint density at radius 1 is 0.947 bits per heavy atom. The maximum Gasteiger partial charge on any atom is 0.146 e. The molecule has 0 spiro atoms. The largest absolute Gasteiger partial charge is 0.340 e. The van der Waals surface area contributed by atoms with Crippen molar-refractivity contribution < 1.29 is 0 Å². The van der Waals surface area contributed by atoms with Gasteiger partial charge in [-0.15, -0.1) is 0 Å². The summed E-state index contributed by atoms with van der Waals surface area (Å²) < 4.78 is 0. The second kappa shape index (κ2) is 5.07. The van der Waals surface area contributed by atoms with Gasteiger partial charge in [0.25, 0.3) is 0 Å². The second-order valence-electron chi connectivity index (χ2n) is 4.67. The monoisotopic (exact) mass is 252 g/mol. The number of benzene rings is 1. The standard InChI is InChI=1S/C15H16N4/c1-9-5-11(3)14(6-10(9)2)19-15-7-13(8-16)17-12(4)18-15/h5-7H,1-4H3,(H,17,18,19). The fraction of sp³-hybridized carbons (Fsp3) is 0.267. The van der Waals surface area contributed by atoms with E-state index in [0.29, 0.717) is 17.3 Å². The predicted molar refractivity (Wildman–Crippen MR) is 75.4 cm³/mol. The van der Waals surface area contributed by atoms with Crippen molar-refractivity contribution in [1.82, 2.24) is 9.97 Å². The first kappa shape index (κ1) is 13.0. The van der Waals surface area contributed by atoms with Gasteiger partial charge in [0.1, 0.15) is 23.4 Å². The summed E-state index contributed by atoms with van der Waals surface area (Å²) in [5.74, 6) is 1.23. The minimum absolute atomic E-state index is 0.372. The van der Waals surface area contributed by atoms with Gasteiger partial charge in [-0.25, -0.2) is 9.97 Å². The minimum Gasteiger partial charge on any atom is -0.340 e. The molecule has 0 atom stereocenters. The third-order valence-electron chi connectivity index (χ3n) is 3.06. The molecule has 1 N–H and O–H groups in total. The molecule has 0 amide bonds. The summed E-state index contributed by atoms with van der Waals surface area (Å²) in [6.07, 6.45) is 0. The van der Waals surface area contributed by atoms with Crippen LogP contribution in [-0.4, -0.2) is 9.97 Å². The third kappa shape index (κ3) is 2.89. The molecule has 0 fully saturated rings. The number of nitrogens with zero attached hydrogens (tertiary/aromatic N) is 3. The molecule has 2 rings (SSSR count). The molecule has 0 aliphatic rings. The van der Waals surface area contributed by atoms with E-state index in [9.17, 15) is 0 Å². The van der Waals surface area contributed by atoms with Gasteiger partial charge in [0.2, 0.25) is 0 Å². The summed E-state index contributed by atoms with van der Waals surface area (Å²) in [6, 6.07) is 7.92. The molecular formula is C15H16N4. The average molecular weight is 252 g/mol. The smallest absolute Gasteiger partial charge is 0.146 e. The summed E-state index contributed by atoms with van der Waals surface area (Å²) in [4.78, 5) is 8.33. The predicted octanol–water partition coefficient (Wildman–Crippen LogP) is 3.33. The van der Waals surface area contributed by atoms with Gasteiger partial charge in [-0.05, 0) is 50.5 Å². The van der Waals surface area contributed by atoms with Gasteiger partial charge in [0.15, 0.2) is 0 Å². The van der Waals surface area contributed by atoms with Crippen molar-refractivity contribution in [2.24, 2.45) is 0 Å². The van der Waals surface area contributed by atoms with Crippen LogP contribution in [0.25, 0.3) is 0 Å². The van der Waals surface area contributed by atoms with E-state index in [2.05, 4.69) is 41.3 Å². The lowest BCUT2D eigenvalue weighted by Gasteiger charge is -2.12. The normalized spacial score (nSPS) is 10.1. The number of nitriles is 1. The van der Waals surface area contributed by atoms with Crippen LogP contribution in [-0.2, 0) is 0 Å². The molecule has 1 heterocycles. The van der Waals surface area contributed by atoms with Crippen LogP contribution < -0.4 is 5.32 Å². The van der Waals surface area contributed by atoms with E-state index >= 15 is 0 Å². The Bertz CT molecular complexity index is 669. The van der Waals surface area contributed by atoms with E-state index in [1.54, 1.807) is 13.0 Å². The lowest BCUT2D eigenvalue weighted by molar-refractivity contribution is 1.04. The van der Waals surface area contributed by atoms with Crippen LogP contribution in [0.2, 0.25) is 0 Å². The Hall–Kier alpha value is -2.41. The number of anilines is 2. The van der Waals surface area contributed by atoms with Crippen molar-refractivity contribution >= 4 is 11.5 Å². The van der Waals surface area contributed by atoms with Gasteiger partial charge >= 0.3 is 0 Å². The SMILES string of the molecule is Cc1nc(C#N)cc(Nc2cc(C)c(C)cc2C)n1. The first-order chi connectivity index (χ1) is 8.99. The molecule has 0 saturated heterocycles. The molecule has 0 saturated carbocycles. The molecule has 4 nitrogen and oxygen atoms in total. The summed E-state index contributed by atoms with van der Waals surface area (Å²) in [6.45, 7) is 7.99. The highest BCUT2D eigenvalue weighted by atomic mass is 15.0. The van der Waals surface area contributed by atoms with Gasteiger partial charge in [0, 0.05) is 11.8 Å². The van der Waals surface area contributed by atoms with Crippen LogP contribution in [0, 0.1) is 39.0 Å². The number of rotatable bonds is 2. The highest BCUT2D eigenvalue weighted by molar-refractivity contribution is 5.63. The zero-order valence-corrected chi connectivity index (χ0v) is 11.6. The van der Waals surface area contributed by atoms with Gasteiger partial charge in [0.05, 0.1) is 0 Å². The summed E-state index contributed by atoms with van der Waals surface area (Å²) in [5, 5.41) is 12.2. The average Bonchev–Trinajstić information content (AvgIpc) is 2.35. The number of hydrogen-bond acceptors (Lipinski definition) is 4. The molecule has 2 aromatic rings. The second-order valence-corrected chi connectivity index (χ2v) is 4.67. The Kier molecular flexibility index (Phi) is 3.48. The van der Waals surface area contributed by atoms with E-state index in [4.69, 9.17) is 5.26 Å². The molecule has 0 unspecified atom stereocenters. The molecule has 0 bridgehead atoms. The number of nitrogens with one attached hydrogen (secondary N) is 1. The van der Waals surface area contributed by atoms with Gasteiger partial charge in [-0.2, -0.15) is 5.26 Å². The highest BCUT2D eigenvalue weighted by Gasteiger charge is 2.05. The first-order valence-electron chi connectivity index (χ1n) is 6.10. The zero-order chi connectivity index (χ0) is 14.0. The summed E-state index contributed by atoms with van der Waals surface area (Å²) in [7, 11) is 0. The lowest BCUT2D eigenvalue weighted by atomic mass is 10.0. The Labute approximate surface area is 113 Å². The van der Waals surface area contributed by atoms with Crippen LogP contribution in [0.15, 0.2) is 18.2 Å².